The fourth-order valence-electron chi connectivity index (χ4n) is 9.53. The highest BCUT2D eigenvalue weighted by Crippen LogP contribution is 2.54. The van der Waals surface area contributed by atoms with Crippen molar-refractivity contribution in [3.8, 4) is 0 Å². The minimum Gasteiger partial charge on any atom is -0.744 e. The Morgan fingerprint density at radius 3 is 1.77 bits per heavy atom. The summed E-state index contributed by atoms with van der Waals surface area (Å²) in [7, 11) is -19.6. The maximum Gasteiger partial charge on any atom is 0.303 e. The molecule has 376 valence electrons. The van der Waals surface area contributed by atoms with Gasteiger partial charge in [-0.05, 0) is 124 Å². The number of hydrogen-bond acceptors (Lipinski definition) is 17. The van der Waals surface area contributed by atoms with Gasteiger partial charge in [0.15, 0.2) is 5.71 Å². The fourth-order valence-corrected chi connectivity index (χ4v) is 12.2. The molecular weight excluding hydrogens is 981 g/mol. The Hall–Kier alpha value is -4.66. The third-order valence-electron chi connectivity index (χ3n) is 12.6. The van der Waals surface area contributed by atoms with E-state index >= 15 is 0 Å². The van der Waals surface area contributed by atoms with Crippen molar-refractivity contribution in [2.45, 2.75) is 97.1 Å². The normalized spacial score (nSPS) is 18.2. The fraction of sp³-hybridized carbons (Fsp3) is 0.435. The van der Waals surface area contributed by atoms with E-state index in [2.05, 4.69) is 0 Å². The average Bonchev–Trinajstić information content (AvgIpc) is 3.61. The first-order chi connectivity index (χ1) is 32.1. The van der Waals surface area contributed by atoms with Crippen LogP contribution in [-0.2, 0) is 70.3 Å². The Morgan fingerprint density at radius 1 is 0.710 bits per heavy atom. The lowest BCUT2D eigenvalue weighted by Gasteiger charge is -2.31. The number of carbonyl (C=O) groups is 1. The Balaban J connectivity index is 1.58. The van der Waals surface area contributed by atoms with Crippen molar-refractivity contribution in [1.29, 1.82) is 0 Å². The van der Waals surface area contributed by atoms with E-state index < -0.39 is 76.9 Å². The highest BCUT2D eigenvalue weighted by molar-refractivity contribution is 7.87. The molecular formula is C46H53N2O17S4-3. The Labute approximate surface area is 402 Å². The van der Waals surface area contributed by atoms with E-state index in [9.17, 15) is 61.8 Å². The van der Waals surface area contributed by atoms with Crippen LogP contribution >= 0.6 is 0 Å². The number of benzene rings is 4. The lowest BCUT2D eigenvalue weighted by Crippen LogP contribution is -2.31. The molecule has 0 spiro atoms. The van der Waals surface area contributed by atoms with Gasteiger partial charge in [0.2, 0.25) is 5.69 Å². The molecule has 0 fully saturated rings. The number of anilines is 1. The second-order valence-corrected chi connectivity index (χ2v) is 23.1. The summed E-state index contributed by atoms with van der Waals surface area (Å²) in [4.78, 5) is 9.77. The minimum atomic E-state index is -5.35. The first-order valence-electron chi connectivity index (χ1n) is 21.8. The lowest BCUT2D eigenvalue weighted by atomic mass is 9.76. The van der Waals surface area contributed by atoms with Crippen LogP contribution in [0.5, 0.6) is 0 Å². The van der Waals surface area contributed by atoms with Gasteiger partial charge in [0, 0.05) is 66.6 Å². The molecule has 6 rings (SSSR count). The number of carboxylic acids is 1. The average molecular weight is 1030 g/mol. The van der Waals surface area contributed by atoms with E-state index in [0.29, 0.717) is 90.6 Å². The molecule has 0 radical (unpaired) electrons. The van der Waals surface area contributed by atoms with Gasteiger partial charge < -0.3 is 42.4 Å². The number of fused-ring (bicyclic) bond motifs is 6. The molecule has 0 aliphatic carbocycles. The summed E-state index contributed by atoms with van der Waals surface area (Å²) in [5.74, 6) is -0.963. The van der Waals surface area contributed by atoms with Gasteiger partial charge in [-0.3, -0.25) is 4.79 Å². The molecule has 1 atom stereocenters. The first kappa shape index (κ1) is 53.7. The Morgan fingerprint density at radius 2 is 1.25 bits per heavy atom. The van der Waals surface area contributed by atoms with E-state index in [4.69, 9.17) is 14.2 Å². The third kappa shape index (κ3) is 11.1. The van der Waals surface area contributed by atoms with Gasteiger partial charge in [0.25, 0.3) is 0 Å². The molecule has 1 N–H and O–H groups in total. The summed E-state index contributed by atoms with van der Waals surface area (Å²) < 4.78 is 169. The van der Waals surface area contributed by atoms with Gasteiger partial charge in [0.1, 0.15) is 47.0 Å². The molecule has 2 aliphatic heterocycles. The monoisotopic (exact) mass is 1030 g/mol. The molecule has 2 aliphatic rings. The number of nitrogens with zero attached hydrogens (tertiary/aromatic N) is 2. The topological polar surface area (TPSA) is 300 Å². The van der Waals surface area contributed by atoms with Gasteiger partial charge in [-0.2, -0.15) is 4.58 Å². The SMILES string of the molecule is CC[N+]1=C(/C=C(C)/C=C2/N(CCCCCC(=O)O)c3ccc4c(S(=O)(=O)[O-])cc(S(=O)(=O)[O-])cc4c3C2(C)CCOCCOCCOC)C(C)(C)c2c1ccc1c(S(=O)(=O)[O-])cc(S(=O)(=O)[O-])cc21. The van der Waals surface area contributed by atoms with Crippen molar-refractivity contribution < 1.29 is 80.6 Å². The van der Waals surface area contributed by atoms with Crippen LogP contribution in [0.15, 0.2) is 91.5 Å². The van der Waals surface area contributed by atoms with Gasteiger partial charge in [-0.1, -0.05) is 12.5 Å². The Bertz CT molecular complexity index is 3270. The van der Waals surface area contributed by atoms with Crippen LogP contribution in [0.1, 0.15) is 77.8 Å². The molecule has 0 aromatic heterocycles. The van der Waals surface area contributed by atoms with E-state index in [1.54, 1.807) is 19.1 Å². The quantitative estimate of drug-likeness (QED) is 0.0591. The minimum absolute atomic E-state index is 0.0230. The molecule has 0 saturated heterocycles. The highest BCUT2D eigenvalue weighted by Gasteiger charge is 2.47. The van der Waals surface area contributed by atoms with Gasteiger partial charge in [-0.15, -0.1) is 0 Å². The zero-order valence-corrected chi connectivity index (χ0v) is 42.0. The summed E-state index contributed by atoms with van der Waals surface area (Å²) in [6.07, 6.45) is 5.16. The lowest BCUT2D eigenvalue weighted by molar-refractivity contribution is -0.433. The number of rotatable bonds is 22. The molecule has 0 saturated carbocycles. The molecule has 0 bridgehead atoms. The summed E-state index contributed by atoms with van der Waals surface area (Å²) in [5.41, 5.74) is 1.56. The maximum absolute atomic E-state index is 12.7. The molecule has 4 aromatic carbocycles. The van der Waals surface area contributed by atoms with Crippen molar-refractivity contribution in [3.63, 3.8) is 0 Å². The number of ether oxygens (including phenoxy) is 3. The van der Waals surface area contributed by atoms with Crippen molar-refractivity contribution in [3.05, 3.63) is 83.1 Å². The predicted molar refractivity (Wildman–Crippen MR) is 249 cm³/mol. The first-order valence-corrected chi connectivity index (χ1v) is 27.5. The number of methoxy groups -OCH3 is 1. The smallest absolute Gasteiger partial charge is 0.303 e. The van der Waals surface area contributed by atoms with E-state index in [1.165, 1.54) is 19.2 Å². The number of allylic oxidation sites excluding steroid dienone is 4. The van der Waals surface area contributed by atoms with Crippen LogP contribution in [0.3, 0.4) is 0 Å². The van der Waals surface area contributed by atoms with Crippen LogP contribution in [-0.4, -0.2) is 126 Å². The van der Waals surface area contributed by atoms with Crippen LogP contribution in [0.25, 0.3) is 21.5 Å². The molecule has 23 heteroatoms. The number of aliphatic carboxylic acids is 1. The number of unbranched alkanes of at least 4 members (excludes halogenated alkanes) is 2. The Kier molecular flexibility index (Phi) is 15.7. The van der Waals surface area contributed by atoms with E-state index in [0.717, 1.165) is 12.1 Å². The van der Waals surface area contributed by atoms with Gasteiger partial charge >= 0.3 is 5.97 Å². The summed E-state index contributed by atoms with van der Waals surface area (Å²) in [6, 6.07) is 9.26. The molecule has 1 unspecified atom stereocenters. The molecule has 2 heterocycles. The van der Waals surface area contributed by atoms with Gasteiger partial charge in [-0.25, -0.2) is 33.7 Å². The summed E-state index contributed by atoms with van der Waals surface area (Å²) in [5, 5.41) is 9.24. The van der Waals surface area contributed by atoms with E-state index in [1.807, 2.05) is 49.3 Å². The predicted octanol–water partition coefficient (Wildman–Crippen LogP) is 5.33. The van der Waals surface area contributed by atoms with Crippen molar-refractivity contribution >= 4 is 85.1 Å². The van der Waals surface area contributed by atoms with Crippen LogP contribution < -0.4 is 4.90 Å². The molecule has 0 amide bonds. The molecule has 4 aromatic rings. The zero-order valence-electron chi connectivity index (χ0n) is 38.8. The standard InChI is InChI=1S/C46H56N2O17S4/c1-7-47-36-14-12-32-34(25-30(66(51,52)53)27-38(32)68(57,58)59)43(36)45(3,4)40(47)23-29(2)24-41-46(5,16-18-64-21-22-65-20-19-63-6)44-35-26-31(67(54,55)56)28-39(69(60,61)62)33(35)13-15-37(44)48(41)17-10-8-9-11-42(49)50/h12-15,23-28H,7-11,16-22H2,1-6H3,(H4-,49,50,51,52,53,54,55,56,57,58,59,60,61,62)/p-3. The van der Waals surface area contributed by atoms with Crippen LogP contribution in [0.4, 0.5) is 11.4 Å². The second kappa shape index (κ2) is 20.2. The number of carboxylic acid groups (broad SMARTS) is 1. The summed E-state index contributed by atoms with van der Waals surface area (Å²) >= 11 is 0. The van der Waals surface area contributed by atoms with Crippen molar-refractivity contribution in [2.75, 3.05) is 58.1 Å². The van der Waals surface area contributed by atoms with E-state index in [-0.39, 0.29) is 60.8 Å². The second-order valence-electron chi connectivity index (χ2n) is 17.6. The van der Waals surface area contributed by atoms with Crippen molar-refractivity contribution in [1.82, 2.24) is 0 Å². The zero-order chi connectivity index (χ0) is 51.1. The third-order valence-corrected chi connectivity index (χ3v) is 16.0. The summed E-state index contributed by atoms with van der Waals surface area (Å²) in [6.45, 7) is 11.0. The van der Waals surface area contributed by atoms with Gasteiger partial charge in [0.05, 0.1) is 51.4 Å². The number of hydrogen-bond donors (Lipinski definition) is 1. The molecule has 69 heavy (non-hydrogen) atoms. The maximum atomic E-state index is 12.7. The van der Waals surface area contributed by atoms with Crippen LogP contribution in [0.2, 0.25) is 0 Å². The van der Waals surface area contributed by atoms with Crippen molar-refractivity contribution in [2.24, 2.45) is 0 Å². The molecule has 19 nitrogen and oxygen atoms in total. The van der Waals surface area contributed by atoms with Crippen LogP contribution in [0, 0.1) is 0 Å². The largest absolute Gasteiger partial charge is 0.744 e. The highest BCUT2D eigenvalue weighted by atomic mass is 32.2.